The van der Waals surface area contributed by atoms with Crippen molar-refractivity contribution < 1.29 is 9.84 Å². The highest BCUT2D eigenvalue weighted by molar-refractivity contribution is 5.23. The lowest BCUT2D eigenvalue weighted by Crippen LogP contribution is -2.47. The lowest BCUT2D eigenvalue weighted by atomic mass is 9.72. The van der Waals surface area contributed by atoms with E-state index in [1.807, 2.05) is 0 Å². The number of aliphatic hydroxyl groups is 1. The molecule has 1 aromatic carbocycles. The van der Waals surface area contributed by atoms with Crippen LogP contribution in [0.2, 0.25) is 0 Å². The predicted octanol–water partition coefficient (Wildman–Crippen LogP) is 2.75. The van der Waals surface area contributed by atoms with Gasteiger partial charge in [-0.15, -0.1) is 0 Å². The second kappa shape index (κ2) is 8.63. The van der Waals surface area contributed by atoms with Gasteiger partial charge in [0.2, 0.25) is 0 Å². The van der Waals surface area contributed by atoms with Gasteiger partial charge in [0, 0.05) is 38.1 Å². The fraction of sp³-hybridized carbons (Fsp3) is 0.714. The Morgan fingerprint density at radius 1 is 1.08 bits per heavy atom. The first-order valence-corrected chi connectivity index (χ1v) is 9.82. The average Bonchev–Trinajstić information content (AvgIpc) is 2.63. The topological polar surface area (TPSA) is 35.9 Å². The van der Waals surface area contributed by atoms with Crippen LogP contribution in [0.25, 0.3) is 0 Å². The summed E-state index contributed by atoms with van der Waals surface area (Å²) in [5, 5.41) is 9.98. The van der Waals surface area contributed by atoms with Crippen LogP contribution in [0.4, 0.5) is 0 Å². The Balaban J connectivity index is 1.61. The Labute approximate surface area is 152 Å². The Kier molecular flexibility index (Phi) is 6.50. The summed E-state index contributed by atoms with van der Waals surface area (Å²) in [5.41, 5.74) is 2.86. The minimum absolute atomic E-state index is 0.0731. The fourth-order valence-electron chi connectivity index (χ4n) is 4.28. The summed E-state index contributed by atoms with van der Waals surface area (Å²) in [6, 6.07) is 9.03. The van der Waals surface area contributed by atoms with Gasteiger partial charge in [-0.2, -0.15) is 0 Å². The molecule has 0 bridgehead atoms. The predicted molar refractivity (Wildman–Crippen MR) is 101 cm³/mol. The lowest BCUT2D eigenvalue weighted by Gasteiger charge is -2.44. The van der Waals surface area contributed by atoms with Crippen molar-refractivity contribution in [2.45, 2.75) is 39.8 Å². The summed E-state index contributed by atoms with van der Waals surface area (Å²) in [4.78, 5) is 5.01. The first-order chi connectivity index (χ1) is 12.1. The Morgan fingerprint density at radius 3 is 2.40 bits per heavy atom. The number of morpholine rings is 1. The van der Waals surface area contributed by atoms with Crippen molar-refractivity contribution in [2.75, 3.05) is 46.0 Å². The molecule has 0 radical (unpaired) electrons. The van der Waals surface area contributed by atoms with Crippen molar-refractivity contribution in [1.29, 1.82) is 0 Å². The van der Waals surface area contributed by atoms with Gasteiger partial charge >= 0.3 is 0 Å². The highest BCUT2D eigenvalue weighted by Crippen LogP contribution is 2.37. The van der Waals surface area contributed by atoms with Gasteiger partial charge in [0.05, 0.1) is 19.8 Å². The molecule has 0 spiro atoms. The summed E-state index contributed by atoms with van der Waals surface area (Å²) >= 11 is 0. The molecule has 140 valence electrons. The van der Waals surface area contributed by atoms with Crippen molar-refractivity contribution in [3.05, 3.63) is 35.4 Å². The van der Waals surface area contributed by atoms with Gasteiger partial charge in [-0.25, -0.2) is 0 Å². The van der Waals surface area contributed by atoms with Crippen molar-refractivity contribution in [3.63, 3.8) is 0 Å². The Bertz CT molecular complexity index is 542. The van der Waals surface area contributed by atoms with Crippen LogP contribution in [0, 0.1) is 11.3 Å². The summed E-state index contributed by atoms with van der Waals surface area (Å²) in [5.74, 6) is 0.521. The highest BCUT2D eigenvalue weighted by atomic mass is 16.5. The lowest BCUT2D eigenvalue weighted by molar-refractivity contribution is -0.00587. The molecule has 0 saturated carbocycles. The molecule has 2 heterocycles. The SMILES string of the molecule is CC(C)C1(CO)CCCN(Cc2cccc(CN3CCOCC3)c2)C1. The molecule has 2 fully saturated rings. The summed E-state index contributed by atoms with van der Waals surface area (Å²) in [7, 11) is 0. The molecule has 2 saturated heterocycles. The number of likely N-dealkylation sites (tertiary alicyclic amines) is 1. The molecule has 0 aliphatic carbocycles. The first-order valence-electron chi connectivity index (χ1n) is 9.82. The van der Waals surface area contributed by atoms with E-state index in [1.165, 1.54) is 17.5 Å². The number of hydrogen-bond donors (Lipinski definition) is 1. The van der Waals surface area contributed by atoms with E-state index < -0.39 is 0 Å². The van der Waals surface area contributed by atoms with Crippen LogP contribution >= 0.6 is 0 Å². The van der Waals surface area contributed by atoms with E-state index in [0.29, 0.717) is 12.5 Å². The molecule has 4 nitrogen and oxygen atoms in total. The van der Waals surface area contributed by atoms with Crippen LogP contribution in [-0.2, 0) is 17.8 Å². The van der Waals surface area contributed by atoms with Crippen molar-refractivity contribution in [3.8, 4) is 0 Å². The number of piperidine rings is 1. The van der Waals surface area contributed by atoms with Crippen LogP contribution in [0.1, 0.15) is 37.8 Å². The molecule has 3 rings (SSSR count). The van der Waals surface area contributed by atoms with Crippen LogP contribution < -0.4 is 0 Å². The van der Waals surface area contributed by atoms with Gasteiger partial charge in [-0.3, -0.25) is 9.80 Å². The zero-order valence-electron chi connectivity index (χ0n) is 15.9. The van der Waals surface area contributed by atoms with E-state index >= 15 is 0 Å². The first kappa shape index (κ1) is 18.8. The minimum Gasteiger partial charge on any atom is -0.396 e. The standard InChI is InChI=1S/C21H34N2O2/c1-18(2)21(17-24)7-4-8-23(16-21)15-20-6-3-5-19(13-20)14-22-9-11-25-12-10-22/h3,5-6,13,18,24H,4,7-12,14-17H2,1-2H3. The third kappa shape index (κ3) is 4.82. The van der Waals surface area contributed by atoms with E-state index in [1.54, 1.807) is 0 Å². The molecule has 2 aliphatic rings. The van der Waals surface area contributed by atoms with Crippen LogP contribution in [0.15, 0.2) is 24.3 Å². The number of rotatable bonds is 6. The molecular formula is C21H34N2O2. The summed E-state index contributed by atoms with van der Waals surface area (Å²) < 4.78 is 5.44. The Morgan fingerprint density at radius 2 is 1.76 bits per heavy atom. The molecule has 1 aromatic rings. The monoisotopic (exact) mass is 346 g/mol. The molecule has 0 aromatic heterocycles. The molecule has 2 aliphatic heterocycles. The smallest absolute Gasteiger partial charge is 0.0594 e. The van der Waals surface area contributed by atoms with Gasteiger partial charge in [0.1, 0.15) is 0 Å². The van der Waals surface area contributed by atoms with Crippen molar-refractivity contribution in [2.24, 2.45) is 11.3 Å². The Hall–Kier alpha value is -0.940. The zero-order chi connectivity index (χ0) is 17.7. The van der Waals surface area contributed by atoms with Gasteiger partial charge in [0.15, 0.2) is 0 Å². The van der Waals surface area contributed by atoms with Crippen LogP contribution in [0.5, 0.6) is 0 Å². The maximum atomic E-state index is 9.98. The quantitative estimate of drug-likeness (QED) is 0.859. The average molecular weight is 347 g/mol. The molecule has 1 N–H and O–H groups in total. The molecule has 0 amide bonds. The number of nitrogens with zero attached hydrogens (tertiary/aromatic N) is 2. The molecule has 1 atom stereocenters. The van der Waals surface area contributed by atoms with Gasteiger partial charge in [-0.05, 0) is 36.4 Å². The molecular weight excluding hydrogens is 312 g/mol. The summed E-state index contributed by atoms with van der Waals surface area (Å²) in [6.45, 7) is 12.7. The molecule has 1 unspecified atom stereocenters. The fourth-order valence-corrected chi connectivity index (χ4v) is 4.28. The van der Waals surface area contributed by atoms with Crippen LogP contribution in [-0.4, -0.2) is 60.9 Å². The van der Waals surface area contributed by atoms with E-state index in [2.05, 4.69) is 47.9 Å². The van der Waals surface area contributed by atoms with E-state index in [4.69, 9.17) is 4.74 Å². The second-order valence-corrected chi connectivity index (χ2v) is 8.20. The van der Waals surface area contributed by atoms with Gasteiger partial charge < -0.3 is 9.84 Å². The van der Waals surface area contributed by atoms with Crippen LogP contribution in [0.3, 0.4) is 0 Å². The highest BCUT2D eigenvalue weighted by Gasteiger charge is 2.37. The maximum absolute atomic E-state index is 9.98. The van der Waals surface area contributed by atoms with E-state index in [9.17, 15) is 5.11 Å². The molecule has 4 heteroatoms. The van der Waals surface area contributed by atoms with Gasteiger partial charge in [0.25, 0.3) is 0 Å². The second-order valence-electron chi connectivity index (χ2n) is 8.20. The largest absolute Gasteiger partial charge is 0.396 e. The third-order valence-corrected chi connectivity index (χ3v) is 6.13. The number of benzene rings is 1. The van der Waals surface area contributed by atoms with E-state index in [-0.39, 0.29) is 5.41 Å². The summed E-state index contributed by atoms with van der Waals surface area (Å²) in [6.07, 6.45) is 2.33. The van der Waals surface area contributed by atoms with Crippen molar-refractivity contribution >= 4 is 0 Å². The normalized spacial score (nSPS) is 26.2. The number of aliphatic hydroxyl groups excluding tert-OH is 1. The number of hydrogen-bond acceptors (Lipinski definition) is 4. The third-order valence-electron chi connectivity index (χ3n) is 6.13. The molecule has 25 heavy (non-hydrogen) atoms. The van der Waals surface area contributed by atoms with Crippen molar-refractivity contribution in [1.82, 2.24) is 9.80 Å². The minimum atomic E-state index is 0.0731. The van der Waals surface area contributed by atoms with E-state index in [0.717, 1.165) is 58.9 Å². The maximum Gasteiger partial charge on any atom is 0.0594 e. The number of ether oxygens (including phenoxy) is 1. The van der Waals surface area contributed by atoms with Gasteiger partial charge in [-0.1, -0.05) is 38.1 Å². The zero-order valence-corrected chi connectivity index (χ0v) is 15.9.